The molecule has 4 atom stereocenters. The van der Waals surface area contributed by atoms with E-state index in [0.29, 0.717) is 46.9 Å². The van der Waals surface area contributed by atoms with Gasteiger partial charge in [-0.3, -0.25) is 14.6 Å². The number of aryl methyl sites for hydroxylation is 1. The number of ether oxygens (including phenoxy) is 3. The number of fused-ring (bicyclic) bond motifs is 2. The number of carbonyl (C=O) groups is 3. The third-order valence-corrected chi connectivity index (χ3v) is 12.4. The van der Waals surface area contributed by atoms with Crippen LogP contribution >= 0.6 is 48.0 Å². The van der Waals surface area contributed by atoms with Crippen molar-refractivity contribution in [1.29, 1.82) is 0 Å². The lowest BCUT2D eigenvalue weighted by Crippen LogP contribution is -2.57. The largest absolute Gasteiger partial charge is 0.489 e. The lowest BCUT2D eigenvalue weighted by molar-refractivity contribution is -0.147. The van der Waals surface area contributed by atoms with E-state index in [9.17, 15) is 19.5 Å². The number of carbonyl (C=O) groups excluding carboxylic acids is 2. The molecule has 5 aromatic rings. The van der Waals surface area contributed by atoms with Crippen LogP contribution in [0, 0.1) is 19.8 Å². The smallest absolute Gasteiger partial charge is 0.326 e. The number of carboxylic acid groups (broad SMARTS) is 1. The highest BCUT2D eigenvalue weighted by atomic mass is 35.5. The molecule has 1 fully saturated rings. The van der Waals surface area contributed by atoms with E-state index < -0.39 is 24.0 Å². The third-order valence-electron chi connectivity index (χ3n) is 11.7. The van der Waals surface area contributed by atoms with Crippen molar-refractivity contribution in [3.8, 4) is 28.4 Å². The number of hydrogen-bond acceptors (Lipinski definition) is 8. The molecule has 1 saturated heterocycles. The molecule has 15 heteroatoms. The van der Waals surface area contributed by atoms with Crippen molar-refractivity contribution in [2.75, 3.05) is 19.7 Å². The quantitative estimate of drug-likeness (QED) is 0.119. The first kappa shape index (κ1) is 46.5. The van der Waals surface area contributed by atoms with Crippen molar-refractivity contribution in [2.45, 2.75) is 70.9 Å². The summed E-state index contributed by atoms with van der Waals surface area (Å²) in [5.41, 5.74) is 8.32. The number of carboxylic acids is 1. The van der Waals surface area contributed by atoms with Crippen molar-refractivity contribution >= 4 is 65.8 Å². The number of amides is 2. The van der Waals surface area contributed by atoms with Crippen molar-refractivity contribution in [3.05, 3.63) is 140 Å². The van der Waals surface area contributed by atoms with Crippen LogP contribution in [-0.4, -0.2) is 64.6 Å². The van der Waals surface area contributed by atoms with Crippen LogP contribution < -0.4 is 24.8 Å². The van der Waals surface area contributed by atoms with Gasteiger partial charge in [0.1, 0.15) is 31.0 Å². The maximum Gasteiger partial charge on any atom is 0.326 e. The fourth-order valence-electron chi connectivity index (χ4n) is 8.13. The van der Waals surface area contributed by atoms with Gasteiger partial charge in [-0.25, -0.2) is 4.79 Å². The molecule has 0 aliphatic carbocycles. The first-order valence-electron chi connectivity index (χ1n) is 20.2. The summed E-state index contributed by atoms with van der Waals surface area (Å²) in [6.07, 6.45) is 3.22. The number of aromatic nitrogens is 1. The number of aliphatic carboxylic acids is 1. The molecule has 4 heterocycles. The number of piperidine rings is 1. The van der Waals surface area contributed by atoms with E-state index in [-0.39, 0.29) is 68.7 Å². The van der Waals surface area contributed by atoms with Gasteiger partial charge in [0, 0.05) is 37.8 Å². The minimum Gasteiger partial charge on any atom is -0.489 e. The zero-order chi connectivity index (χ0) is 41.9. The second-order valence-electron chi connectivity index (χ2n) is 15.7. The Morgan fingerprint density at radius 3 is 2.39 bits per heavy atom. The van der Waals surface area contributed by atoms with Gasteiger partial charge in [0.15, 0.2) is 17.6 Å². The Kier molecular flexibility index (Phi) is 15.3. The third kappa shape index (κ3) is 10.4. The highest BCUT2D eigenvalue weighted by molar-refractivity contribution is 6.42. The Hall–Kier alpha value is -5.04. The van der Waals surface area contributed by atoms with E-state index in [2.05, 4.69) is 15.6 Å². The van der Waals surface area contributed by atoms with Crippen LogP contribution in [0.25, 0.3) is 11.1 Å². The summed E-state index contributed by atoms with van der Waals surface area (Å²) >= 11 is 12.2. The Morgan fingerprint density at radius 2 is 1.68 bits per heavy atom. The number of benzene rings is 4. The van der Waals surface area contributed by atoms with E-state index >= 15 is 0 Å². The van der Waals surface area contributed by atoms with Crippen molar-refractivity contribution in [1.82, 2.24) is 20.5 Å². The van der Waals surface area contributed by atoms with Crippen molar-refractivity contribution in [2.24, 2.45) is 5.92 Å². The van der Waals surface area contributed by atoms with Gasteiger partial charge in [-0.05, 0) is 120 Å². The molecule has 8 rings (SSSR count). The predicted octanol–water partition coefficient (Wildman–Crippen LogP) is 8.67. The number of nitrogens with one attached hydrogen (secondary N) is 2. The molecule has 2 amide bonds. The van der Waals surface area contributed by atoms with Crippen LogP contribution in [0.1, 0.15) is 58.0 Å². The van der Waals surface area contributed by atoms with Gasteiger partial charge < -0.3 is 34.9 Å². The van der Waals surface area contributed by atoms with Crippen molar-refractivity contribution < 1.29 is 33.7 Å². The number of halogens is 4. The summed E-state index contributed by atoms with van der Waals surface area (Å²) in [6, 6.07) is 24.3. The highest BCUT2D eigenvalue weighted by Gasteiger charge is 2.40. The van der Waals surface area contributed by atoms with Gasteiger partial charge in [-0.1, -0.05) is 65.7 Å². The zero-order valence-corrected chi connectivity index (χ0v) is 37.3. The molecule has 326 valence electrons. The first-order chi connectivity index (χ1) is 29.0. The fraction of sp³-hybridized carbons (Fsp3) is 0.319. The Bertz CT molecular complexity index is 2410. The summed E-state index contributed by atoms with van der Waals surface area (Å²) in [7, 11) is 0. The fourth-order valence-corrected chi connectivity index (χ4v) is 8.45. The average Bonchev–Trinajstić information content (AvgIpc) is 3.26. The Labute approximate surface area is 383 Å². The molecule has 0 saturated carbocycles. The minimum atomic E-state index is -1.21. The maximum absolute atomic E-state index is 14.2. The minimum absolute atomic E-state index is 0. The molecular formula is C47H48Cl4N4O7. The molecule has 4 aromatic carbocycles. The first-order valence-corrected chi connectivity index (χ1v) is 20.9. The van der Waals surface area contributed by atoms with Gasteiger partial charge in [-0.15, -0.1) is 24.8 Å². The summed E-state index contributed by atoms with van der Waals surface area (Å²) in [5, 5.41) is 17.4. The second kappa shape index (κ2) is 20.4. The van der Waals surface area contributed by atoms with Gasteiger partial charge in [0.05, 0.1) is 16.0 Å². The van der Waals surface area contributed by atoms with Gasteiger partial charge in [0.2, 0.25) is 11.8 Å². The van der Waals surface area contributed by atoms with Gasteiger partial charge in [0.25, 0.3) is 0 Å². The number of nitrogens with zero attached hydrogens (tertiary/aromatic N) is 2. The number of pyridine rings is 1. The molecule has 0 bridgehead atoms. The maximum atomic E-state index is 14.2. The zero-order valence-electron chi connectivity index (χ0n) is 34.2. The molecular weight excluding hydrogens is 874 g/mol. The molecule has 62 heavy (non-hydrogen) atoms. The van der Waals surface area contributed by atoms with Crippen LogP contribution in [0.5, 0.6) is 17.2 Å². The molecule has 1 aromatic heterocycles. The van der Waals surface area contributed by atoms with E-state index in [1.165, 1.54) is 0 Å². The molecule has 0 spiro atoms. The lowest BCUT2D eigenvalue weighted by Gasteiger charge is -2.39. The van der Waals surface area contributed by atoms with Crippen LogP contribution in [0.4, 0.5) is 0 Å². The standard InChI is InChI=1S/C47H46Cl2N4O7.2ClH/c1-27-28(2)51-17-15-37(27)31-8-5-29(6-9-31)19-40(47(56)57)52-45(54)41-20-34-21-42-43(22-35(34)24-53(41)46(55)33-4-3-16-50-23-33)60-44(26-59-42)32-10-12-36(13-11-32)58-25-30-7-14-38(48)39(49)18-30;;/h5-15,17-18,21-22,33,40-41,44,50H,3-4,16,19-20,23-26H2,1-2H3,(H,52,54)(H,56,57);2*1H/t33?,40-,41-,44+;;/m0../s1. The summed E-state index contributed by atoms with van der Waals surface area (Å²) in [4.78, 5) is 47.0. The second-order valence-corrected chi connectivity index (χ2v) is 16.5. The van der Waals surface area contributed by atoms with Gasteiger partial charge in [-0.2, -0.15) is 0 Å². The number of hydrogen-bond donors (Lipinski definition) is 3. The van der Waals surface area contributed by atoms with Crippen LogP contribution in [0.2, 0.25) is 10.0 Å². The van der Waals surface area contributed by atoms with E-state index in [0.717, 1.165) is 63.2 Å². The van der Waals surface area contributed by atoms with Crippen LogP contribution in [0.15, 0.2) is 91.1 Å². The van der Waals surface area contributed by atoms with Crippen LogP contribution in [-0.2, 0) is 40.4 Å². The van der Waals surface area contributed by atoms with E-state index in [4.69, 9.17) is 37.4 Å². The highest BCUT2D eigenvalue weighted by Crippen LogP contribution is 2.41. The van der Waals surface area contributed by atoms with E-state index in [1.807, 2.05) is 86.6 Å². The molecule has 3 N–H and O–H groups in total. The number of rotatable bonds is 11. The Morgan fingerprint density at radius 1 is 0.935 bits per heavy atom. The molecule has 11 nitrogen and oxygen atoms in total. The van der Waals surface area contributed by atoms with Gasteiger partial charge >= 0.3 is 5.97 Å². The SMILES string of the molecule is Cc1nccc(-c2ccc(C[C@H](NC(=O)[C@@H]3Cc4cc5c(cc4CN3C(=O)C3CCCNC3)O[C@@H](c3ccc(OCc4ccc(Cl)c(Cl)c4)cc3)CO5)C(=O)O)cc2)c1C.Cl.Cl. The molecule has 1 unspecified atom stereocenters. The molecule has 0 radical (unpaired) electrons. The lowest BCUT2D eigenvalue weighted by atomic mass is 9.89. The topological polar surface area (TPSA) is 139 Å². The van der Waals surface area contributed by atoms with Crippen molar-refractivity contribution in [3.63, 3.8) is 0 Å². The normalized spacial score (nSPS) is 18.3. The molecule has 3 aliphatic rings. The summed E-state index contributed by atoms with van der Waals surface area (Å²) < 4.78 is 18.7. The Balaban J connectivity index is 0.00000321. The summed E-state index contributed by atoms with van der Waals surface area (Å²) in [6.45, 7) is 6.11. The van der Waals surface area contributed by atoms with Crippen LogP contribution in [0.3, 0.4) is 0 Å². The molecule has 3 aliphatic heterocycles. The average molecular weight is 923 g/mol. The van der Waals surface area contributed by atoms with E-state index in [1.54, 1.807) is 23.2 Å². The monoisotopic (exact) mass is 920 g/mol. The summed E-state index contributed by atoms with van der Waals surface area (Å²) in [5.74, 6) is -0.317. The predicted molar refractivity (Wildman–Crippen MR) is 243 cm³/mol.